The molecule has 1 aromatic carbocycles. The molecule has 108 valence electrons. The summed E-state index contributed by atoms with van der Waals surface area (Å²) in [7, 11) is -1.94. The van der Waals surface area contributed by atoms with E-state index in [9.17, 15) is 8.42 Å². The zero-order valence-electron chi connectivity index (χ0n) is 11.3. The largest absolute Gasteiger partial charge is 0.273 e. The second-order valence-electron chi connectivity index (χ2n) is 4.40. The van der Waals surface area contributed by atoms with Crippen LogP contribution < -0.4 is 4.31 Å². The van der Waals surface area contributed by atoms with Gasteiger partial charge in [0.15, 0.2) is 0 Å². The van der Waals surface area contributed by atoms with Crippen molar-refractivity contribution in [3.63, 3.8) is 0 Å². The molecule has 0 radical (unpaired) electrons. The predicted octanol–water partition coefficient (Wildman–Crippen LogP) is 3.87. The first-order chi connectivity index (χ1) is 9.48. The fourth-order valence-electron chi connectivity index (χ4n) is 1.77. The van der Waals surface area contributed by atoms with Gasteiger partial charge in [-0.3, -0.25) is 4.31 Å². The molecule has 6 heteroatoms. The predicted molar refractivity (Wildman–Crippen MR) is 85.3 cm³/mol. The average Bonchev–Trinajstić information content (AvgIpc) is 2.96. The highest BCUT2D eigenvalue weighted by atomic mass is 35.5. The van der Waals surface area contributed by atoms with E-state index in [0.29, 0.717) is 15.8 Å². The van der Waals surface area contributed by atoms with Crippen LogP contribution in [-0.4, -0.2) is 15.5 Å². The molecule has 0 spiro atoms. The van der Waals surface area contributed by atoms with Crippen molar-refractivity contribution in [1.82, 2.24) is 0 Å². The van der Waals surface area contributed by atoms with E-state index in [1.807, 2.05) is 24.3 Å². The number of benzene rings is 1. The molecule has 0 unspecified atom stereocenters. The summed E-state index contributed by atoms with van der Waals surface area (Å²) in [5.41, 5.74) is 2.66. The number of nitrogens with zero attached hydrogens (tertiary/aromatic N) is 1. The summed E-state index contributed by atoms with van der Waals surface area (Å²) in [5, 5.41) is 1.77. The van der Waals surface area contributed by atoms with E-state index < -0.39 is 10.0 Å². The van der Waals surface area contributed by atoms with Crippen LogP contribution in [0, 0.1) is 0 Å². The van der Waals surface area contributed by atoms with Crippen molar-refractivity contribution in [2.45, 2.75) is 23.4 Å². The van der Waals surface area contributed by atoms with Gasteiger partial charge in [-0.25, -0.2) is 8.42 Å². The molecule has 2 aromatic rings. The van der Waals surface area contributed by atoms with Gasteiger partial charge in [0.05, 0.1) is 5.69 Å². The minimum absolute atomic E-state index is 0.315. The van der Waals surface area contributed by atoms with Crippen molar-refractivity contribution >= 4 is 38.6 Å². The Morgan fingerprint density at radius 2 is 1.85 bits per heavy atom. The van der Waals surface area contributed by atoms with Crippen LogP contribution in [0.2, 0.25) is 0 Å². The van der Waals surface area contributed by atoms with E-state index in [2.05, 4.69) is 6.92 Å². The van der Waals surface area contributed by atoms with E-state index in [0.717, 1.165) is 12.0 Å². The first-order valence-corrected chi connectivity index (χ1v) is 9.05. The standard InChI is InChI=1S/C14H16ClNO2S2/c1-3-11-4-6-13(7-5-11)16(2)20(17,18)14-8-12(9-15)10-19-14/h4-8,10H,3,9H2,1-2H3. The Balaban J connectivity index is 2.32. The van der Waals surface area contributed by atoms with Crippen molar-refractivity contribution in [2.75, 3.05) is 11.4 Å². The zero-order chi connectivity index (χ0) is 14.8. The van der Waals surface area contributed by atoms with Gasteiger partial charge in [-0.05, 0) is 41.1 Å². The van der Waals surface area contributed by atoms with Gasteiger partial charge < -0.3 is 0 Å². The fraction of sp³-hybridized carbons (Fsp3) is 0.286. The molecule has 0 fully saturated rings. The quantitative estimate of drug-likeness (QED) is 0.781. The van der Waals surface area contributed by atoms with Gasteiger partial charge in [-0.15, -0.1) is 22.9 Å². The molecule has 0 saturated carbocycles. The van der Waals surface area contributed by atoms with Crippen molar-refractivity contribution in [3.8, 4) is 0 Å². The van der Waals surface area contributed by atoms with Gasteiger partial charge >= 0.3 is 0 Å². The van der Waals surface area contributed by atoms with Crippen molar-refractivity contribution in [3.05, 3.63) is 46.8 Å². The third-order valence-electron chi connectivity index (χ3n) is 3.11. The molecule has 0 atom stereocenters. The van der Waals surface area contributed by atoms with Crippen LogP contribution in [0.15, 0.2) is 39.9 Å². The number of halogens is 1. The Morgan fingerprint density at radius 1 is 1.20 bits per heavy atom. The number of sulfonamides is 1. The molecule has 1 heterocycles. The molecule has 3 nitrogen and oxygen atoms in total. The molecule has 1 aromatic heterocycles. The van der Waals surface area contributed by atoms with Crippen LogP contribution >= 0.6 is 22.9 Å². The summed E-state index contributed by atoms with van der Waals surface area (Å²) in [6.07, 6.45) is 0.931. The van der Waals surface area contributed by atoms with Gasteiger partial charge in [0.25, 0.3) is 10.0 Å². The van der Waals surface area contributed by atoms with Crippen LogP contribution in [0.1, 0.15) is 18.1 Å². The maximum absolute atomic E-state index is 12.5. The van der Waals surface area contributed by atoms with Crippen molar-refractivity contribution < 1.29 is 8.42 Å². The molecule has 0 aliphatic carbocycles. The molecule has 0 aliphatic rings. The first-order valence-electron chi connectivity index (χ1n) is 6.20. The summed E-state index contributed by atoms with van der Waals surface area (Å²) in [4.78, 5) is 0. The maximum atomic E-state index is 12.5. The molecule has 0 amide bonds. The Hall–Kier alpha value is -1.04. The molecular weight excluding hydrogens is 314 g/mol. The Morgan fingerprint density at radius 3 is 2.35 bits per heavy atom. The number of hydrogen-bond donors (Lipinski definition) is 0. The topological polar surface area (TPSA) is 37.4 Å². The van der Waals surface area contributed by atoms with Crippen molar-refractivity contribution in [2.24, 2.45) is 0 Å². The van der Waals surface area contributed by atoms with E-state index >= 15 is 0 Å². The van der Waals surface area contributed by atoms with E-state index in [1.54, 1.807) is 18.5 Å². The highest BCUT2D eigenvalue weighted by Gasteiger charge is 2.23. The molecule has 0 N–H and O–H groups in total. The van der Waals surface area contributed by atoms with Gasteiger partial charge in [-0.1, -0.05) is 19.1 Å². The lowest BCUT2D eigenvalue weighted by Crippen LogP contribution is -2.25. The minimum Gasteiger partial charge on any atom is -0.269 e. The molecule has 20 heavy (non-hydrogen) atoms. The second kappa shape index (κ2) is 6.16. The highest BCUT2D eigenvalue weighted by molar-refractivity contribution is 7.94. The van der Waals surface area contributed by atoms with Gasteiger partial charge in [0.2, 0.25) is 0 Å². The highest BCUT2D eigenvalue weighted by Crippen LogP contribution is 2.27. The van der Waals surface area contributed by atoms with Gasteiger partial charge in [0, 0.05) is 12.9 Å². The zero-order valence-corrected chi connectivity index (χ0v) is 13.7. The average molecular weight is 330 g/mol. The normalized spacial score (nSPS) is 11.6. The van der Waals surface area contributed by atoms with Gasteiger partial charge in [0.1, 0.15) is 4.21 Å². The molecule has 0 aliphatic heterocycles. The lowest BCUT2D eigenvalue weighted by molar-refractivity contribution is 0.596. The minimum atomic E-state index is -3.51. The second-order valence-corrected chi connectivity index (χ2v) is 7.77. The van der Waals surface area contributed by atoms with Crippen LogP contribution in [0.3, 0.4) is 0 Å². The van der Waals surface area contributed by atoms with E-state index in [4.69, 9.17) is 11.6 Å². The summed E-state index contributed by atoms with van der Waals surface area (Å²) in [6.45, 7) is 2.06. The molecule has 2 rings (SSSR count). The monoisotopic (exact) mass is 329 g/mol. The van der Waals surface area contributed by atoms with Gasteiger partial charge in [-0.2, -0.15) is 0 Å². The number of anilines is 1. The van der Waals surface area contributed by atoms with Crippen LogP contribution in [-0.2, 0) is 22.3 Å². The summed E-state index contributed by atoms with van der Waals surface area (Å²) in [6, 6.07) is 9.17. The summed E-state index contributed by atoms with van der Waals surface area (Å²) >= 11 is 6.92. The lowest BCUT2D eigenvalue weighted by atomic mass is 10.1. The number of hydrogen-bond acceptors (Lipinski definition) is 3. The number of alkyl halides is 1. The van der Waals surface area contributed by atoms with Crippen molar-refractivity contribution in [1.29, 1.82) is 0 Å². The van der Waals surface area contributed by atoms with E-state index in [1.165, 1.54) is 21.2 Å². The number of aryl methyl sites for hydroxylation is 1. The fourth-order valence-corrected chi connectivity index (χ4v) is 4.59. The molecule has 0 saturated heterocycles. The first kappa shape index (κ1) is 15.4. The SMILES string of the molecule is CCc1ccc(N(C)S(=O)(=O)c2cc(CCl)cs2)cc1. The Labute approximate surface area is 128 Å². The van der Waals surface area contributed by atoms with E-state index in [-0.39, 0.29) is 0 Å². The molecular formula is C14H16ClNO2S2. The maximum Gasteiger partial charge on any atom is 0.273 e. The summed E-state index contributed by atoms with van der Waals surface area (Å²) in [5.74, 6) is 0.320. The third kappa shape index (κ3) is 3.00. The smallest absolute Gasteiger partial charge is 0.269 e. The summed E-state index contributed by atoms with van der Waals surface area (Å²) < 4.78 is 26.6. The Kier molecular flexibility index (Phi) is 4.73. The Bertz CT molecular complexity index is 677. The number of thiophene rings is 1. The third-order valence-corrected chi connectivity index (χ3v) is 6.67. The molecule has 0 bridgehead atoms. The van der Waals surface area contributed by atoms with Crippen LogP contribution in [0.25, 0.3) is 0 Å². The van der Waals surface area contributed by atoms with Crippen LogP contribution in [0.5, 0.6) is 0 Å². The van der Waals surface area contributed by atoms with Crippen LogP contribution in [0.4, 0.5) is 5.69 Å². The lowest BCUT2D eigenvalue weighted by Gasteiger charge is -2.18. The number of rotatable bonds is 5.